The van der Waals surface area contributed by atoms with Crippen molar-refractivity contribution in [3.05, 3.63) is 35.9 Å². The predicted octanol–water partition coefficient (Wildman–Crippen LogP) is 3.16. The Kier molecular flexibility index (Phi) is 6.42. The minimum absolute atomic E-state index is 0.0857. The summed E-state index contributed by atoms with van der Waals surface area (Å²) in [4.78, 5) is 25.4. The number of carbonyl (C=O) groups excluding carboxylic acids is 1. The maximum Gasteiger partial charge on any atom is 0.227 e. The second kappa shape index (κ2) is 9.38. The predicted molar refractivity (Wildman–Crippen MR) is 113 cm³/mol. The highest BCUT2D eigenvalue weighted by molar-refractivity contribution is 5.79. The number of rotatable bonds is 6. The molecule has 3 heterocycles. The van der Waals surface area contributed by atoms with E-state index < -0.39 is 0 Å². The van der Waals surface area contributed by atoms with Crippen molar-refractivity contribution in [3.8, 4) is 11.6 Å². The van der Waals surface area contributed by atoms with E-state index in [1.54, 1.807) is 6.20 Å². The molecule has 0 radical (unpaired) electrons. The number of nitrogens with one attached hydrogen (secondary N) is 2. The number of hydrogen-bond acceptors (Lipinski definition) is 7. The first-order chi connectivity index (χ1) is 14.6. The Labute approximate surface area is 176 Å². The lowest BCUT2D eigenvalue weighted by atomic mass is 9.85. The van der Waals surface area contributed by atoms with Crippen molar-refractivity contribution in [3.63, 3.8) is 0 Å². The zero-order valence-corrected chi connectivity index (χ0v) is 17.6. The number of amides is 1. The number of hydrogen-bond donors (Lipinski definition) is 2. The van der Waals surface area contributed by atoms with Gasteiger partial charge in [0.05, 0.1) is 23.9 Å². The number of pyridine rings is 1. The molecule has 160 valence electrons. The van der Waals surface area contributed by atoms with Crippen molar-refractivity contribution >= 4 is 11.7 Å². The lowest BCUT2D eigenvalue weighted by Gasteiger charge is -2.29. The Balaban J connectivity index is 1.33. The average molecular weight is 412 g/mol. The molecule has 1 aliphatic carbocycles. The van der Waals surface area contributed by atoms with Gasteiger partial charge in [0.2, 0.25) is 11.8 Å². The van der Waals surface area contributed by atoms with Crippen molar-refractivity contribution in [2.45, 2.75) is 58.0 Å². The smallest absolute Gasteiger partial charge is 0.227 e. The Morgan fingerprint density at radius 3 is 2.67 bits per heavy atom. The number of nitrogens with zero attached hydrogens (tertiary/aromatic N) is 3. The van der Waals surface area contributed by atoms with Gasteiger partial charge in [0.25, 0.3) is 0 Å². The SMILES string of the molecule is Cc1ncccc1Oc1ncnc(NC2CCC(C(=O)NC3CCOC3)CC2)c1C. The molecule has 2 aromatic heterocycles. The van der Waals surface area contributed by atoms with E-state index in [0.717, 1.165) is 55.8 Å². The summed E-state index contributed by atoms with van der Waals surface area (Å²) in [6, 6.07) is 4.18. The Morgan fingerprint density at radius 1 is 1.10 bits per heavy atom. The van der Waals surface area contributed by atoms with Crippen molar-refractivity contribution in [1.29, 1.82) is 0 Å². The molecular formula is C22H29N5O3. The molecule has 2 aromatic rings. The minimum atomic E-state index is 0.0857. The van der Waals surface area contributed by atoms with Crippen LogP contribution in [0.4, 0.5) is 5.82 Å². The van der Waals surface area contributed by atoms with Crippen LogP contribution in [0.3, 0.4) is 0 Å². The monoisotopic (exact) mass is 411 g/mol. The van der Waals surface area contributed by atoms with Gasteiger partial charge in [0, 0.05) is 24.8 Å². The van der Waals surface area contributed by atoms with Crippen LogP contribution in [0, 0.1) is 19.8 Å². The molecule has 1 amide bonds. The maximum atomic E-state index is 12.5. The first-order valence-electron chi connectivity index (χ1n) is 10.7. The molecule has 2 N–H and O–H groups in total. The fraction of sp³-hybridized carbons (Fsp3) is 0.545. The van der Waals surface area contributed by atoms with Crippen LogP contribution in [0.2, 0.25) is 0 Å². The van der Waals surface area contributed by atoms with Crippen LogP contribution in [0.1, 0.15) is 43.4 Å². The maximum absolute atomic E-state index is 12.5. The highest BCUT2D eigenvalue weighted by atomic mass is 16.5. The summed E-state index contributed by atoms with van der Waals surface area (Å²) in [6.07, 6.45) is 7.78. The number of aryl methyl sites for hydroxylation is 1. The third-order valence-electron chi connectivity index (χ3n) is 5.92. The molecule has 1 unspecified atom stereocenters. The fourth-order valence-corrected chi connectivity index (χ4v) is 4.02. The van der Waals surface area contributed by atoms with Gasteiger partial charge in [-0.15, -0.1) is 0 Å². The molecule has 1 saturated carbocycles. The van der Waals surface area contributed by atoms with E-state index in [1.807, 2.05) is 26.0 Å². The third kappa shape index (κ3) is 4.87. The molecule has 0 aromatic carbocycles. The van der Waals surface area contributed by atoms with Crippen LogP contribution >= 0.6 is 0 Å². The van der Waals surface area contributed by atoms with E-state index in [9.17, 15) is 4.79 Å². The molecule has 8 nitrogen and oxygen atoms in total. The second-order valence-electron chi connectivity index (χ2n) is 8.10. The Hall–Kier alpha value is -2.74. The largest absolute Gasteiger partial charge is 0.437 e. The summed E-state index contributed by atoms with van der Waals surface area (Å²) >= 11 is 0. The second-order valence-corrected chi connectivity index (χ2v) is 8.10. The van der Waals surface area contributed by atoms with Gasteiger partial charge in [-0.1, -0.05) is 0 Å². The lowest BCUT2D eigenvalue weighted by molar-refractivity contribution is -0.126. The molecule has 0 bridgehead atoms. The number of anilines is 1. The van der Waals surface area contributed by atoms with Gasteiger partial charge in [0.1, 0.15) is 12.1 Å². The van der Waals surface area contributed by atoms with E-state index in [2.05, 4.69) is 25.6 Å². The van der Waals surface area contributed by atoms with Gasteiger partial charge in [-0.2, -0.15) is 0 Å². The average Bonchev–Trinajstić information content (AvgIpc) is 3.26. The van der Waals surface area contributed by atoms with Gasteiger partial charge in [-0.25, -0.2) is 9.97 Å². The molecule has 1 aliphatic heterocycles. The molecule has 4 rings (SSSR count). The fourth-order valence-electron chi connectivity index (χ4n) is 4.02. The molecular weight excluding hydrogens is 382 g/mol. The van der Waals surface area contributed by atoms with Crippen molar-refractivity contribution in [1.82, 2.24) is 20.3 Å². The summed E-state index contributed by atoms with van der Waals surface area (Å²) < 4.78 is 11.3. The molecule has 0 spiro atoms. The molecule has 2 fully saturated rings. The Morgan fingerprint density at radius 2 is 1.93 bits per heavy atom. The summed E-state index contributed by atoms with van der Waals surface area (Å²) in [5, 5.41) is 6.65. The van der Waals surface area contributed by atoms with Crippen molar-refractivity contribution in [2.75, 3.05) is 18.5 Å². The molecule has 8 heteroatoms. The highest BCUT2D eigenvalue weighted by Crippen LogP contribution is 2.31. The molecule has 1 atom stereocenters. The summed E-state index contributed by atoms with van der Waals surface area (Å²) in [5.74, 6) is 2.24. The molecule has 30 heavy (non-hydrogen) atoms. The van der Waals surface area contributed by atoms with Crippen LogP contribution in [0.25, 0.3) is 0 Å². The molecule has 2 aliphatic rings. The van der Waals surface area contributed by atoms with E-state index in [4.69, 9.17) is 9.47 Å². The normalized spacial score (nSPS) is 23.7. The van der Waals surface area contributed by atoms with E-state index >= 15 is 0 Å². The quantitative estimate of drug-likeness (QED) is 0.753. The summed E-state index contributed by atoms with van der Waals surface area (Å²) in [7, 11) is 0. The van der Waals surface area contributed by atoms with E-state index in [-0.39, 0.29) is 23.9 Å². The topological polar surface area (TPSA) is 98.3 Å². The Bertz CT molecular complexity index is 877. The first-order valence-corrected chi connectivity index (χ1v) is 10.7. The number of aromatic nitrogens is 3. The zero-order valence-electron chi connectivity index (χ0n) is 17.6. The van der Waals surface area contributed by atoms with Gasteiger partial charge in [-0.3, -0.25) is 9.78 Å². The van der Waals surface area contributed by atoms with Crippen LogP contribution in [-0.4, -0.2) is 46.2 Å². The highest BCUT2D eigenvalue weighted by Gasteiger charge is 2.29. The van der Waals surface area contributed by atoms with E-state index in [0.29, 0.717) is 18.2 Å². The molecule has 1 saturated heterocycles. The van der Waals surface area contributed by atoms with Gasteiger partial charge < -0.3 is 20.1 Å². The first kappa shape index (κ1) is 20.5. The van der Waals surface area contributed by atoms with Crippen molar-refractivity contribution in [2.24, 2.45) is 5.92 Å². The van der Waals surface area contributed by atoms with Crippen LogP contribution in [0.5, 0.6) is 11.6 Å². The van der Waals surface area contributed by atoms with Crippen LogP contribution in [0.15, 0.2) is 24.7 Å². The summed E-state index contributed by atoms with van der Waals surface area (Å²) in [6.45, 7) is 5.23. The number of carbonyl (C=O) groups is 1. The lowest BCUT2D eigenvalue weighted by Crippen LogP contribution is -2.41. The van der Waals surface area contributed by atoms with Gasteiger partial charge in [0.15, 0.2) is 5.75 Å². The third-order valence-corrected chi connectivity index (χ3v) is 5.92. The van der Waals surface area contributed by atoms with Crippen molar-refractivity contribution < 1.29 is 14.3 Å². The standard InChI is InChI=1S/C22H29N5O3/c1-14-20(24-13-25-22(14)30-19-4-3-10-23-15(19)2)26-17-7-5-16(6-8-17)21(28)27-18-9-11-29-12-18/h3-4,10,13,16-18H,5-9,11-12H2,1-2H3,(H,27,28)(H,24,25,26). The number of ether oxygens (including phenoxy) is 2. The van der Waals surface area contributed by atoms with Gasteiger partial charge >= 0.3 is 0 Å². The van der Waals surface area contributed by atoms with Crippen LogP contribution in [-0.2, 0) is 9.53 Å². The summed E-state index contributed by atoms with van der Waals surface area (Å²) in [5.41, 5.74) is 1.67. The van der Waals surface area contributed by atoms with Crippen LogP contribution < -0.4 is 15.4 Å². The van der Waals surface area contributed by atoms with E-state index in [1.165, 1.54) is 6.33 Å². The van der Waals surface area contributed by atoms with Gasteiger partial charge in [-0.05, 0) is 58.1 Å². The zero-order chi connectivity index (χ0) is 20.9. The minimum Gasteiger partial charge on any atom is -0.437 e.